The van der Waals surface area contributed by atoms with Crippen molar-refractivity contribution < 1.29 is 28.8 Å². The Hall–Kier alpha value is -2.37. The zero-order chi connectivity index (χ0) is 24.6. The Morgan fingerprint density at radius 2 is 1.88 bits per heavy atom. The molecule has 0 bridgehead atoms. The van der Waals surface area contributed by atoms with E-state index in [0.717, 1.165) is 28.6 Å². The first kappa shape index (κ1) is 24.7. The minimum absolute atomic E-state index is 0.0304. The number of nitrogens with zero attached hydrogens (tertiary/aromatic N) is 5. The van der Waals surface area contributed by atoms with Crippen LogP contribution in [0.3, 0.4) is 0 Å². The summed E-state index contributed by atoms with van der Waals surface area (Å²) in [4.78, 5) is 4.39. The van der Waals surface area contributed by atoms with Crippen LogP contribution in [-0.4, -0.2) is 65.7 Å². The van der Waals surface area contributed by atoms with Crippen LogP contribution in [0.1, 0.15) is 11.7 Å². The molecule has 0 aliphatic carbocycles. The molecule has 0 radical (unpaired) electrons. The number of ether oxygens (including phenoxy) is 1. The van der Waals surface area contributed by atoms with E-state index in [1.54, 1.807) is 0 Å². The van der Waals surface area contributed by atoms with Crippen molar-refractivity contribution in [3.05, 3.63) is 58.0 Å². The van der Waals surface area contributed by atoms with Crippen molar-refractivity contribution in [2.24, 2.45) is 0 Å². The molecular formula is C20H15Cl2F2N5O4S. The summed E-state index contributed by atoms with van der Waals surface area (Å²) in [6, 6.07) is 4.14. The summed E-state index contributed by atoms with van der Waals surface area (Å²) in [5.41, 5.74) is -0.866. The van der Waals surface area contributed by atoms with Crippen LogP contribution in [-0.2, 0) is 4.74 Å². The van der Waals surface area contributed by atoms with E-state index in [9.17, 15) is 24.1 Å². The number of aromatic nitrogens is 4. The van der Waals surface area contributed by atoms with Gasteiger partial charge in [0, 0.05) is 16.7 Å². The highest BCUT2D eigenvalue weighted by molar-refractivity contribution is 7.99. The van der Waals surface area contributed by atoms with Gasteiger partial charge in [0.1, 0.15) is 58.2 Å². The van der Waals surface area contributed by atoms with Crippen LogP contribution in [0.5, 0.6) is 0 Å². The number of halogens is 4. The molecule has 2 aromatic heterocycles. The first-order valence-corrected chi connectivity index (χ1v) is 11.3. The van der Waals surface area contributed by atoms with E-state index in [1.807, 2.05) is 6.07 Å². The van der Waals surface area contributed by atoms with Gasteiger partial charge in [-0.3, -0.25) is 0 Å². The molecule has 1 fully saturated rings. The Bertz CT molecular complexity index is 1240. The van der Waals surface area contributed by atoms with Crippen molar-refractivity contribution in [2.75, 3.05) is 6.61 Å². The number of pyridine rings is 1. The minimum Gasteiger partial charge on any atom is -0.394 e. The van der Waals surface area contributed by atoms with Gasteiger partial charge in [0.05, 0.1) is 17.8 Å². The summed E-state index contributed by atoms with van der Waals surface area (Å²) in [5.74, 6) is -1.97. The van der Waals surface area contributed by atoms with Gasteiger partial charge in [-0.05, 0) is 18.2 Å². The number of rotatable bonds is 5. The number of thioether (sulfide) groups is 1. The zero-order valence-electron chi connectivity index (χ0n) is 16.9. The second kappa shape index (κ2) is 10.1. The Morgan fingerprint density at radius 3 is 2.50 bits per heavy atom. The molecule has 3 heterocycles. The zero-order valence-corrected chi connectivity index (χ0v) is 19.2. The Balaban J connectivity index is 1.63. The predicted octanol–water partition coefficient (Wildman–Crippen LogP) is 2.57. The van der Waals surface area contributed by atoms with Gasteiger partial charge in [-0.25, -0.2) is 18.4 Å². The molecule has 0 amide bonds. The highest BCUT2D eigenvalue weighted by atomic mass is 35.5. The average molecular weight is 530 g/mol. The number of aliphatic hydroxyl groups is 3. The molecule has 1 aliphatic heterocycles. The fourth-order valence-electron chi connectivity index (χ4n) is 3.44. The van der Waals surface area contributed by atoms with Crippen molar-refractivity contribution in [1.29, 1.82) is 5.26 Å². The van der Waals surface area contributed by atoms with Gasteiger partial charge in [-0.15, -0.1) is 5.10 Å². The fourth-order valence-corrected chi connectivity index (χ4v) is 4.89. The smallest absolute Gasteiger partial charge is 0.159 e. The SMILES string of the molecule is N#Cc1ncc(SC2OC(CO)C(O)C(n3cc(-c4cc(F)c(Cl)c(F)c4)nn3)[C@@H]2O)cc1Cl. The van der Waals surface area contributed by atoms with E-state index >= 15 is 0 Å². The first-order chi connectivity index (χ1) is 16.2. The number of hydrogen-bond acceptors (Lipinski definition) is 9. The molecule has 1 aromatic carbocycles. The lowest BCUT2D eigenvalue weighted by Gasteiger charge is -2.41. The van der Waals surface area contributed by atoms with Gasteiger partial charge >= 0.3 is 0 Å². The Labute approximate surface area is 205 Å². The predicted molar refractivity (Wildman–Crippen MR) is 117 cm³/mol. The third kappa shape index (κ3) is 4.73. The van der Waals surface area contributed by atoms with Crippen LogP contribution in [0.25, 0.3) is 11.3 Å². The molecule has 0 saturated carbocycles. The van der Waals surface area contributed by atoms with Crippen LogP contribution in [0.15, 0.2) is 35.5 Å². The molecule has 34 heavy (non-hydrogen) atoms. The summed E-state index contributed by atoms with van der Waals surface area (Å²) >= 11 is 12.5. The van der Waals surface area contributed by atoms with Gasteiger partial charge in [-0.1, -0.05) is 40.2 Å². The third-order valence-corrected chi connectivity index (χ3v) is 6.88. The molecule has 178 valence electrons. The lowest BCUT2D eigenvalue weighted by atomic mass is 9.97. The molecule has 14 heteroatoms. The van der Waals surface area contributed by atoms with E-state index in [-0.39, 0.29) is 22.0 Å². The summed E-state index contributed by atoms with van der Waals surface area (Å²) in [5, 5.41) is 47.6. The maximum atomic E-state index is 13.9. The van der Waals surface area contributed by atoms with E-state index in [1.165, 1.54) is 18.5 Å². The van der Waals surface area contributed by atoms with Gasteiger partial charge in [0.2, 0.25) is 0 Å². The largest absolute Gasteiger partial charge is 0.394 e. The van der Waals surface area contributed by atoms with E-state index in [2.05, 4.69) is 15.3 Å². The normalized spacial score (nSPS) is 24.7. The monoisotopic (exact) mass is 529 g/mol. The number of nitriles is 1. The summed E-state index contributed by atoms with van der Waals surface area (Å²) in [6.45, 7) is -0.566. The molecule has 5 atom stereocenters. The van der Waals surface area contributed by atoms with Gasteiger partial charge in [-0.2, -0.15) is 5.26 Å². The van der Waals surface area contributed by atoms with Crippen LogP contribution in [0, 0.1) is 23.0 Å². The third-order valence-electron chi connectivity index (χ3n) is 5.12. The molecule has 3 N–H and O–H groups in total. The number of hydrogen-bond donors (Lipinski definition) is 3. The highest BCUT2D eigenvalue weighted by Crippen LogP contribution is 2.39. The van der Waals surface area contributed by atoms with Crippen molar-refractivity contribution in [3.8, 4) is 17.3 Å². The molecule has 1 saturated heterocycles. The van der Waals surface area contributed by atoms with Crippen LogP contribution in [0.4, 0.5) is 8.78 Å². The molecule has 9 nitrogen and oxygen atoms in total. The Morgan fingerprint density at radius 1 is 1.18 bits per heavy atom. The average Bonchev–Trinajstić information content (AvgIpc) is 3.29. The highest BCUT2D eigenvalue weighted by Gasteiger charge is 2.46. The molecule has 3 aromatic rings. The lowest BCUT2D eigenvalue weighted by Crippen LogP contribution is -2.55. The summed E-state index contributed by atoms with van der Waals surface area (Å²) in [7, 11) is 0. The fraction of sp³-hybridized carbons (Fsp3) is 0.300. The molecule has 1 aliphatic rings. The summed E-state index contributed by atoms with van der Waals surface area (Å²) < 4.78 is 34.5. The quantitative estimate of drug-likeness (QED) is 0.425. The van der Waals surface area contributed by atoms with Crippen molar-refractivity contribution in [2.45, 2.75) is 34.7 Å². The number of benzene rings is 1. The van der Waals surface area contributed by atoms with Crippen LogP contribution in [0.2, 0.25) is 10.0 Å². The minimum atomic E-state index is -1.40. The van der Waals surface area contributed by atoms with E-state index in [0.29, 0.717) is 4.90 Å². The standard InChI is InChI=1S/C20H15Cl2F2N5O4S/c21-10-3-9(5-26-13(10)4-25)34-20-19(32)17(18(31)15(7-30)33-20)29-6-14(27-28-29)8-1-11(23)16(22)12(24)2-8/h1-3,5-6,15,17-20,30-32H,7H2/t15?,17?,18?,19-,20?/m0/s1. The molecule has 4 unspecified atom stereocenters. The van der Waals surface area contributed by atoms with E-state index < -0.39 is 53.1 Å². The molecule has 0 spiro atoms. The van der Waals surface area contributed by atoms with Crippen LogP contribution < -0.4 is 0 Å². The second-order valence-electron chi connectivity index (χ2n) is 7.27. The second-order valence-corrected chi connectivity index (χ2v) is 9.22. The number of aliphatic hydroxyl groups excluding tert-OH is 3. The Kier molecular flexibility index (Phi) is 7.34. The maximum Gasteiger partial charge on any atom is 0.159 e. The van der Waals surface area contributed by atoms with Crippen LogP contribution >= 0.6 is 35.0 Å². The van der Waals surface area contributed by atoms with Gasteiger partial charge in [0.15, 0.2) is 5.69 Å². The molecular weight excluding hydrogens is 515 g/mol. The van der Waals surface area contributed by atoms with E-state index in [4.69, 9.17) is 33.2 Å². The van der Waals surface area contributed by atoms with Gasteiger partial charge in [0.25, 0.3) is 0 Å². The van der Waals surface area contributed by atoms with Crippen molar-refractivity contribution in [3.63, 3.8) is 0 Å². The van der Waals surface area contributed by atoms with Crippen molar-refractivity contribution in [1.82, 2.24) is 20.0 Å². The topological polar surface area (TPSA) is 137 Å². The van der Waals surface area contributed by atoms with Crippen molar-refractivity contribution >= 4 is 35.0 Å². The lowest BCUT2D eigenvalue weighted by molar-refractivity contribution is -0.178. The summed E-state index contributed by atoms with van der Waals surface area (Å²) in [6.07, 6.45) is -1.19. The van der Waals surface area contributed by atoms with Gasteiger partial charge < -0.3 is 20.1 Å². The first-order valence-electron chi connectivity index (χ1n) is 9.65. The maximum absolute atomic E-state index is 13.9. The molecule has 4 rings (SSSR count).